The maximum atomic E-state index is 3.62. The van der Waals surface area contributed by atoms with Crippen LogP contribution in [0, 0.1) is 0 Å². The van der Waals surface area contributed by atoms with Crippen molar-refractivity contribution in [1.29, 1.82) is 0 Å². The molecular weight excluding hydrogens is 363 g/mol. The highest BCUT2D eigenvalue weighted by Crippen LogP contribution is 2.33. The Morgan fingerprint density at radius 3 is 2.12 bits per heavy atom. The second kappa shape index (κ2) is 4.68. The molecule has 50 valence electrons. The summed E-state index contributed by atoms with van der Waals surface area (Å²) in [7, 11) is 0. The molecule has 0 atom stereocenters. The van der Waals surface area contributed by atoms with Crippen LogP contribution in [0.3, 0.4) is 0 Å². The number of halogens is 3. The first-order valence-electron chi connectivity index (χ1n) is 2.63. The molecule has 0 aliphatic heterocycles. The lowest BCUT2D eigenvalue weighted by atomic mass is 10.4. The normalized spacial score (nSPS) is 12.0. The molecule has 8 heavy (non-hydrogen) atoms. The Morgan fingerprint density at radius 1 is 1.50 bits per heavy atom. The van der Waals surface area contributed by atoms with Gasteiger partial charge in [0.15, 0.2) is 0 Å². The van der Waals surface area contributed by atoms with E-state index in [-0.39, 0.29) is 0 Å². The van der Waals surface area contributed by atoms with E-state index in [0.717, 1.165) is 0 Å². The van der Waals surface area contributed by atoms with E-state index in [2.05, 4.69) is 59.3 Å². The lowest BCUT2D eigenvalue weighted by Gasteiger charge is -2.05. The van der Waals surface area contributed by atoms with Gasteiger partial charge in [-0.15, -0.1) is 0 Å². The van der Waals surface area contributed by atoms with Crippen LogP contribution >= 0.6 is 52.4 Å². The number of rotatable bonds is 3. The first-order valence-corrected chi connectivity index (χ1v) is 12.5. The Kier molecular flexibility index (Phi) is 5.80. The Balaban J connectivity index is 3.11. The molecule has 0 fully saturated rings. The van der Waals surface area contributed by atoms with Crippen molar-refractivity contribution < 1.29 is 0 Å². The van der Waals surface area contributed by atoms with Crippen molar-refractivity contribution in [3.63, 3.8) is 0 Å². The first-order chi connectivity index (χ1) is 3.56. The molecule has 0 aromatic carbocycles. The summed E-state index contributed by atoms with van der Waals surface area (Å²) in [6, 6.07) is 1.32. The maximum Gasteiger partial charge on any atom is 0.262 e. The highest BCUT2D eigenvalue weighted by atomic mass is 127. The van der Waals surface area contributed by atoms with Crippen molar-refractivity contribution in [3.05, 3.63) is 0 Å². The largest absolute Gasteiger partial charge is 0.262 e. The Hall–Kier alpha value is 1.91. The van der Waals surface area contributed by atoms with E-state index in [9.17, 15) is 0 Å². The molecule has 0 heterocycles. The summed E-state index contributed by atoms with van der Waals surface area (Å²) in [5.74, 6) is 0. The summed E-state index contributed by atoms with van der Waals surface area (Å²) in [6.07, 6.45) is 2.64. The lowest BCUT2D eigenvalue weighted by Crippen LogP contribution is -2.03. The second-order valence-corrected chi connectivity index (χ2v) is 29.2. The number of hydrogen-bond acceptors (Lipinski definition) is 0. The molecule has 0 spiro atoms. The predicted molar refractivity (Wildman–Crippen MR) is 57.3 cm³/mol. The zero-order valence-electron chi connectivity index (χ0n) is 4.76. The molecular formula is C4H9Br2ISi. The fourth-order valence-electron chi connectivity index (χ4n) is 0.377. The molecule has 0 aliphatic rings. The molecule has 4 heteroatoms. The molecule has 0 bridgehead atoms. The minimum absolute atomic E-state index is 1.08. The lowest BCUT2D eigenvalue weighted by molar-refractivity contribution is 0.881. The third kappa shape index (κ3) is 7.91. The van der Waals surface area contributed by atoms with Gasteiger partial charge in [-0.2, -0.15) is 0 Å². The minimum Gasteiger partial charge on any atom is -0.0975 e. The average Bonchev–Trinajstić information content (AvgIpc) is 1.59. The van der Waals surface area contributed by atoms with E-state index >= 15 is 0 Å². The van der Waals surface area contributed by atoms with Crippen molar-refractivity contribution in [3.8, 4) is 0 Å². The monoisotopic (exact) mass is 370 g/mol. The number of hydrogen-bond donors (Lipinski definition) is 0. The van der Waals surface area contributed by atoms with Crippen LogP contribution in [0.2, 0.25) is 6.04 Å². The molecule has 0 nitrogen and oxygen atoms in total. The zero-order chi connectivity index (χ0) is 6.62. The molecule has 0 saturated carbocycles. The van der Waals surface area contributed by atoms with E-state index in [1.165, 1.54) is 18.9 Å². The van der Waals surface area contributed by atoms with Gasteiger partial charge in [0, 0.05) is 0 Å². The summed E-state index contributed by atoms with van der Waals surface area (Å²) >= 11 is 9.72. The van der Waals surface area contributed by atoms with E-state index in [1.807, 2.05) is 0 Å². The fourth-order valence-corrected chi connectivity index (χ4v) is 3.96. The third-order valence-corrected chi connectivity index (χ3v) is 5.73. The van der Waals surface area contributed by atoms with Crippen LogP contribution in [0.25, 0.3) is 0 Å². The highest BCUT2D eigenvalue weighted by Gasteiger charge is 2.19. The van der Waals surface area contributed by atoms with Gasteiger partial charge in [-0.25, -0.2) is 0 Å². The molecule has 0 unspecified atom stereocenters. The molecule has 0 aliphatic carbocycles. The maximum absolute atomic E-state index is 3.62. The van der Waals surface area contributed by atoms with Crippen LogP contribution in [-0.2, 0) is 0 Å². The van der Waals surface area contributed by atoms with Crippen LogP contribution in [-0.4, -0.2) is 2.81 Å². The smallest absolute Gasteiger partial charge is 0.0975 e. The summed E-state index contributed by atoms with van der Waals surface area (Å²) in [5.41, 5.74) is 0. The van der Waals surface area contributed by atoms with Crippen molar-refractivity contribution in [2.45, 2.75) is 25.8 Å². The molecule has 0 rings (SSSR count). The van der Waals surface area contributed by atoms with Crippen molar-refractivity contribution >= 4 is 55.2 Å². The quantitative estimate of drug-likeness (QED) is 0.400. The average molecular weight is 372 g/mol. The topological polar surface area (TPSA) is 0 Å². The van der Waals surface area contributed by atoms with E-state index in [1.54, 1.807) is 0 Å². The summed E-state index contributed by atoms with van der Waals surface area (Å²) in [5, 5.41) is 0. The Labute approximate surface area is 80.2 Å². The van der Waals surface area contributed by atoms with E-state index in [4.69, 9.17) is 0 Å². The van der Waals surface area contributed by atoms with E-state index < -0.39 is 2.81 Å². The second-order valence-electron chi connectivity index (χ2n) is 1.72. The van der Waals surface area contributed by atoms with Gasteiger partial charge in [-0.1, -0.05) is 72.1 Å². The molecule has 0 radical (unpaired) electrons. The first kappa shape index (κ1) is 9.91. The summed E-state index contributed by atoms with van der Waals surface area (Å²) < 4.78 is -1.08. The third-order valence-electron chi connectivity index (χ3n) is 0.814. The Morgan fingerprint density at radius 2 is 2.00 bits per heavy atom. The van der Waals surface area contributed by atoms with Crippen LogP contribution < -0.4 is 0 Å². The van der Waals surface area contributed by atoms with Gasteiger partial charge in [0.25, 0.3) is 2.81 Å². The van der Waals surface area contributed by atoms with Crippen molar-refractivity contribution in [2.75, 3.05) is 0 Å². The van der Waals surface area contributed by atoms with Gasteiger partial charge in [0.05, 0.1) is 0 Å². The zero-order valence-corrected chi connectivity index (χ0v) is 11.1. The summed E-state index contributed by atoms with van der Waals surface area (Å²) in [4.78, 5) is 0. The predicted octanol–water partition coefficient (Wildman–Crippen LogP) is 3.95. The molecule has 0 saturated heterocycles. The molecule has 0 amide bonds. The molecule has 0 aromatic heterocycles. The minimum atomic E-state index is -1.08. The van der Waals surface area contributed by atoms with Crippen LogP contribution in [0.1, 0.15) is 19.8 Å². The van der Waals surface area contributed by atoms with Crippen LogP contribution in [0.5, 0.6) is 0 Å². The highest BCUT2D eigenvalue weighted by molar-refractivity contribution is 14.1. The van der Waals surface area contributed by atoms with Crippen molar-refractivity contribution in [1.82, 2.24) is 0 Å². The van der Waals surface area contributed by atoms with Gasteiger partial charge in [-0.05, 0) is 6.04 Å². The standard InChI is InChI=1S/C4H9Br2ISi/c1-2-3-4-8(5,6)7/h2-4H2,1H3. The number of unbranched alkanes of at least 4 members (excludes halogenated alkanes) is 1. The van der Waals surface area contributed by atoms with Gasteiger partial charge >= 0.3 is 0 Å². The van der Waals surface area contributed by atoms with Gasteiger partial charge in [-0.3, -0.25) is 0 Å². The van der Waals surface area contributed by atoms with Gasteiger partial charge in [0.2, 0.25) is 0 Å². The van der Waals surface area contributed by atoms with Gasteiger partial charge in [0.1, 0.15) is 0 Å². The van der Waals surface area contributed by atoms with Crippen molar-refractivity contribution in [2.24, 2.45) is 0 Å². The summed E-state index contributed by atoms with van der Waals surface area (Å²) in [6.45, 7) is 2.22. The SMILES string of the molecule is CCCC[Si](Br)(Br)I. The van der Waals surface area contributed by atoms with E-state index in [0.29, 0.717) is 0 Å². The van der Waals surface area contributed by atoms with Crippen LogP contribution in [0.4, 0.5) is 0 Å². The Bertz CT molecular complexity index is 61.5. The fraction of sp³-hybridized carbons (Fsp3) is 1.00. The van der Waals surface area contributed by atoms with Gasteiger partial charge < -0.3 is 0 Å². The molecule has 0 aromatic rings. The van der Waals surface area contributed by atoms with Crippen LogP contribution in [0.15, 0.2) is 0 Å². The molecule has 0 N–H and O–H groups in total.